The molecule has 28 heavy (non-hydrogen) atoms. The molecule has 6 nitrogen and oxygen atoms in total. The molecule has 0 fully saturated rings. The van der Waals surface area contributed by atoms with Gasteiger partial charge in [0, 0.05) is 6.54 Å². The van der Waals surface area contributed by atoms with Gasteiger partial charge in [0.2, 0.25) is 0 Å². The number of aliphatic hydroxyl groups excluding tert-OH is 1. The van der Waals surface area contributed by atoms with Crippen LogP contribution in [-0.2, 0) is 15.9 Å². The third-order valence-electron chi connectivity index (χ3n) is 4.62. The second-order valence-electron chi connectivity index (χ2n) is 7.74. The fourth-order valence-electron chi connectivity index (χ4n) is 3.32. The number of nitrogens with zero attached hydrogens (tertiary/aromatic N) is 1. The number of anilines is 1. The molecule has 0 aromatic heterocycles. The number of hydrogen-bond donors (Lipinski definition) is 1. The highest BCUT2D eigenvalue weighted by atomic mass is 16.6. The Bertz CT molecular complexity index is 883. The molecule has 1 atom stereocenters. The first-order valence-corrected chi connectivity index (χ1v) is 9.20. The number of ether oxygens (including phenoxy) is 2. The van der Waals surface area contributed by atoms with Crippen molar-refractivity contribution < 1.29 is 24.2 Å². The first kappa shape index (κ1) is 19.9. The van der Waals surface area contributed by atoms with Gasteiger partial charge in [-0.2, -0.15) is 0 Å². The van der Waals surface area contributed by atoms with E-state index in [0.717, 1.165) is 16.8 Å². The molecule has 1 N–H and O–H groups in total. The van der Waals surface area contributed by atoms with E-state index in [1.165, 1.54) is 7.11 Å². The Kier molecular flexibility index (Phi) is 5.42. The monoisotopic (exact) mass is 383 g/mol. The quantitative estimate of drug-likeness (QED) is 0.815. The van der Waals surface area contributed by atoms with Crippen LogP contribution < -0.4 is 4.90 Å². The topological polar surface area (TPSA) is 76.1 Å². The summed E-state index contributed by atoms with van der Waals surface area (Å²) in [5.74, 6) is -0.422. The zero-order valence-electron chi connectivity index (χ0n) is 16.6. The average Bonchev–Trinajstić information content (AvgIpc) is 3.10. The molecule has 1 aliphatic rings. The van der Waals surface area contributed by atoms with Crippen LogP contribution in [0.1, 0.15) is 53.9 Å². The van der Waals surface area contributed by atoms with Gasteiger partial charge in [-0.3, -0.25) is 4.90 Å². The zero-order chi connectivity index (χ0) is 20.5. The van der Waals surface area contributed by atoms with Crippen LogP contribution in [0, 0.1) is 0 Å². The maximum absolute atomic E-state index is 12.5. The van der Waals surface area contributed by atoms with Gasteiger partial charge in [0.15, 0.2) is 0 Å². The Balaban J connectivity index is 1.87. The van der Waals surface area contributed by atoms with Crippen LogP contribution in [0.15, 0.2) is 42.5 Å². The van der Waals surface area contributed by atoms with E-state index in [1.807, 2.05) is 39.0 Å². The predicted octanol–water partition coefficient (Wildman–Crippen LogP) is 3.85. The van der Waals surface area contributed by atoms with Crippen LogP contribution in [0.2, 0.25) is 0 Å². The fourth-order valence-corrected chi connectivity index (χ4v) is 3.32. The van der Waals surface area contributed by atoms with Crippen molar-refractivity contribution in [3.8, 4) is 0 Å². The molecule has 0 saturated heterocycles. The van der Waals surface area contributed by atoms with Crippen molar-refractivity contribution >= 4 is 17.7 Å². The van der Waals surface area contributed by atoms with Crippen molar-refractivity contribution in [1.82, 2.24) is 0 Å². The molecule has 0 bridgehead atoms. The van der Waals surface area contributed by atoms with Crippen molar-refractivity contribution in [1.29, 1.82) is 0 Å². The molecule has 3 rings (SSSR count). The minimum atomic E-state index is -0.861. The van der Waals surface area contributed by atoms with E-state index < -0.39 is 17.7 Å². The van der Waals surface area contributed by atoms with E-state index >= 15 is 0 Å². The Labute approximate surface area is 164 Å². The molecule has 0 saturated carbocycles. The van der Waals surface area contributed by atoms with E-state index in [1.54, 1.807) is 29.2 Å². The minimum absolute atomic E-state index is 0.389. The highest BCUT2D eigenvalue weighted by Gasteiger charge is 2.31. The van der Waals surface area contributed by atoms with Gasteiger partial charge in [-0.15, -0.1) is 0 Å². The van der Waals surface area contributed by atoms with E-state index in [0.29, 0.717) is 24.1 Å². The molecule has 2 aromatic carbocycles. The summed E-state index contributed by atoms with van der Waals surface area (Å²) in [5, 5.41) is 10.9. The maximum Gasteiger partial charge on any atom is 0.414 e. The van der Waals surface area contributed by atoms with Crippen LogP contribution in [0.5, 0.6) is 0 Å². The van der Waals surface area contributed by atoms with Crippen molar-refractivity contribution in [3.63, 3.8) is 0 Å². The van der Waals surface area contributed by atoms with E-state index in [2.05, 4.69) is 0 Å². The van der Waals surface area contributed by atoms with Gasteiger partial charge in [-0.25, -0.2) is 9.59 Å². The molecule has 0 aliphatic carbocycles. The number of aliphatic hydroxyl groups is 1. The Hall–Kier alpha value is -2.86. The lowest BCUT2D eigenvalue weighted by atomic mass is 9.95. The van der Waals surface area contributed by atoms with Gasteiger partial charge in [0.05, 0.1) is 18.4 Å². The number of hydrogen-bond acceptors (Lipinski definition) is 5. The highest BCUT2D eigenvalue weighted by Crippen LogP contribution is 2.36. The molecule has 2 aromatic rings. The summed E-state index contributed by atoms with van der Waals surface area (Å²) in [5.41, 5.74) is 2.95. The zero-order valence-corrected chi connectivity index (χ0v) is 16.6. The molecule has 1 heterocycles. The second kappa shape index (κ2) is 7.64. The van der Waals surface area contributed by atoms with Gasteiger partial charge in [0.1, 0.15) is 11.7 Å². The van der Waals surface area contributed by atoms with E-state index in [9.17, 15) is 14.7 Å². The summed E-state index contributed by atoms with van der Waals surface area (Å²) < 4.78 is 10.2. The Morgan fingerprint density at radius 1 is 1.11 bits per heavy atom. The van der Waals surface area contributed by atoms with Crippen molar-refractivity contribution in [3.05, 3.63) is 64.7 Å². The number of rotatable bonds is 3. The molecule has 1 amide bonds. The minimum Gasteiger partial charge on any atom is -0.465 e. The normalized spacial score (nSPS) is 14.4. The third kappa shape index (κ3) is 4.02. The first-order chi connectivity index (χ1) is 13.2. The van der Waals surface area contributed by atoms with Gasteiger partial charge >= 0.3 is 12.1 Å². The van der Waals surface area contributed by atoms with Crippen LogP contribution in [0.25, 0.3) is 0 Å². The lowest BCUT2D eigenvalue weighted by Crippen LogP contribution is -2.35. The number of carbonyl (C=O) groups excluding carboxylic acids is 2. The molecule has 0 spiro atoms. The second-order valence-corrected chi connectivity index (χ2v) is 7.74. The van der Waals surface area contributed by atoms with Gasteiger partial charge < -0.3 is 14.6 Å². The molecular formula is C22H25NO5. The number of fused-ring (bicyclic) bond motifs is 1. The summed E-state index contributed by atoms with van der Waals surface area (Å²) in [6.45, 7) is 6.01. The number of esters is 1. The Morgan fingerprint density at radius 3 is 2.39 bits per heavy atom. The van der Waals surface area contributed by atoms with E-state index in [-0.39, 0.29) is 6.09 Å². The summed E-state index contributed by atoms with van der Waals surface area (Å²) in [6.07, 6.45) is -0.609. The number of benzene rings is 2. The maximum atomic E-state index is 12.5. The van der Waals surface area contributed by atoms with Crippen molar-refractivity contribution in [2.24, 2.45) is 0 Å². The molecular weight excluding hydrogens is 358 g/mol. The standard InChI is InChI=1S/C22H25NO5/c1-22(2,3)28-21(26)23-13-12-16-17(6-5-7-18(16)23)19(24)14-8-10-15(11-9-14)20(25)27-4/h5-11,19,24H,12-13H2,1-4H3. The highest BCUT2D eigenvalue weighted by molar-refractivity contribution is 5.91. The SMILES string of the molecule is COC(=O)c1ccc(C(O)c2cccc3c2CCN3C(=O)OC(C)(C)C)cc1. The van der Waals surface area contributed by atoms with Gasteiger partial charge in [0.25, 0.3) is 0 Å². The van der Waals surface area contributed by atoms with Crippen LogP contribution >= 0.6 is 0 Å². The lowest BCUT2D eigenvalue weighted by molar-refractivity contribution is 0.0579. The average molecular weight is 383 g/mol. The van der Waals surface area contributed by atoms with Crippen molar-refractivity contribution in [2.75, 3.05) is 18.6 Å². The predicted molar refractivity (Wildman–Crippen MR) is 106 cm³/mol. The fraction of sp³-hybridized carbons (Fsp3) is 0.364. The summed E-state index contributed by atoms with van der Waals surface area (Å²) in [7, 11) is 1.33. The smallest absolute Gasteiger partial charge is 0.414 e. The number of methoxy groups -OCH3 is 1. The van der Waals surface area contributed by atoms with Crippen LogP contribution in [0.3, 0.4) is 0 Å². The van der Waals surface area contributed by atoms with Crippen LogP contribution in [0.4, 0.5) is 10.5 Å². The molecule has 148 valence electrons. The van der Waals surface area contributed by atoms with Gasteiger partial charge in [-0.1, -0.05) is 24.3 Å². The Morgan fingerprint density at radius 2 is 1.79 bits per heavy atom. The molecule has 1 unspecified atom stereocenters. The summed E-state index contributed by atoms with van der Waals surface area (Å²) >= 11 is 0. The first-order valence-electron chi connectivity index (χ1n) is 9.20. The largest absolute Gasteiger partial charge is 0.465 e. The summed E-state index contributed by atoms with van der Waals surface area (Å²) in [4.78, 5) is 25.7. The molecule has 1 aliphatic heterocycles. The van der Waals surface area contributed by atoms with E-state index in [4.69, 9.17) is 9.47 Å². The van der Waals surface area contributed by atoms with Crippen LogP contribution in [-0.4, -0.2) is 36.4 Å². The van der Waals surface area contributed by atoms with Gasteiger partial charge in [-0.05, 0) is 62.1 Å². The molecule has 0 radical (unpaired) electrons. The third-order valence-corrected chi connectivity index (χ3v) is 4.62. The van der Waals surface area contributed by atoms with Crippen molar-refractivity contribution in [2.45, 2.75) is 38.9 Å². The lowest BCUT2D eigenvalue weighted by Gasteiger charge is -2.25. The molecule has 6 heteroatoms. The number of amides is 1. The number of carbonyl (C=O) groups is 2. The summed E-state index contributed by atoms with van der Waals surface area (Å²) in [6, 6.07) is 12.2.